The Morgan fingerprint density at radius 3 is 2.68 bits per heavy atom. The summed E-state index contributed by atoms with van der Waals surface area (Å²) in [4.78, 5) is 19.5. The number of carbonyl (C=O) groups excluding carboxylic acids is 1. The van der Waals surface area contributed by atoms with Gasteiger partial charge in [0.2, 0.25) is 5.91 Å². The number of pyridine rings is 1. The Labute approximate surface area is 174 Å². The fraction of sp³-hybridized carbons (Fsp3) is 0.389. The second kappa shape index (κ2) is 6.79. The summed E-state index contributed by atoms with van der Waals surface area (Å²) in [6.45, 7) is -0.608. The van der Waals surface area contributed by atoms with Crippen molar-refractivity contribution in [3.05, 3.63) is 30.7 Å². The highest BCUT2D eigenvalue weighted by molar-refractivity contribution is 7.90. The second-order valence-corrected chi connectivity index (χ2v) is 9.62. The normalized spacial score (nSPS) is 18.3. The van der Waals surface area contributed by atoms with Crippen molar-refractivity contribution in [1.29, 1.82) is 0 Å². The first-order valence-corrected chi connectivity index (χ1v) is 11.0. The molecule has 0 spiro atoms. The molecule has 2 N–H and O–H groups in total. The molecule has 4 heterocycles. The zero-order chi connectivity index (χ0) is 22.0. The van der Waals surface area contributed by atoms with Crippen LogP contribution in [0.15, 0.2) is 30.7 Å². The van der Waals surface area contributed by atoms with Crippen LogP contribution in [-0.2, 0) is 14.8 Å². The first-order valence-electron chi connectivity index (χ1n) is 9.53. The number of anilines is 1. The topological polar surface area (TPSA) is 113 Å². The lowest BCUT2D eigenvalue weighted by Gasteiger charge is -2.38. The molecule has 1 amide bonds. The predicted octanol–water partition coefficient (Wildman–Crippen LogP) is 2.48. The van der Waals surface area contributed by atoms with Crippen molar-refractivity contribution >= 4 is 32.8 Å². The van der Waals surface area contributed by atoms with Gasteiger partial charge in [-0.1, -0.05) is 0 Å². The lowest BCUT2D eigenvalue weighted by atomic mass is 10.1. The van der Waals surface area contributed by atoms with Gasteiger partial charge in [0.25, 0.3) is 0 Å². The fourth-order valence-electron chi connectivity index (χ4n) is 3.52. The number of aromatic amines is 1. The van der Waals surface area contributed by atoms with Gasteiger partial charge in [-0.2, -0.15) is 22.6 Å². The standard InChI is InChI=1S/C18H17F3N6O3S/c19-18(20,21)31(29,30)26-8-12(9-26)27-7-11(6-23-27)14-5-15(25-17(28)10-1-2-10)24-16-13(14)3-4-22-16/h3-7,10,12H,1-2,8-9H2,(H2,22,24,25,28). The van der Waals surface area contributed by atoms with Crippen molar-refractivity contribution in [1.82, 2.24) is 24.1 Å². The summed E-state index contributed by atoms with van der Waals surface area (Å²) >= 11 is 0. The number of H-pyrrole nitrogens is 1. The Bertz CT molecular complexity index is 1270. The number of hydrogen-bond donors (Lipinski definition) is 2. The van der Waals surface area contributed by atoms with Crippen molar-refractivity contribution in [2.24, 2.45) is 5.92 Å². The average molecular weight is 454 g/mol. The highest BCUT2D eigenvalue weighted by atomic mass is 32.2. The number of carbonyl (C=O) groups is 1. The summed E-state index contributed by atoms with van der Waals surface area (Å²) in [5.74, 6) is 0.322. The molecular weight excluding hydrogens is 437 g/mol. The molecule has 2 aliphatic rings. The molecule has 31 heavy (non-hydrogen) atoms. The minimum atomic E-state index is -5.33. The molecule has 13 heteroatoms. The number of halogens is 3. The molecule has 3 aromatic heterocycles. The van der Waals surface area contributed by atoms with E-state index in [9.17, 15) is 26.4 Å². The number of nitrogens with zero attached hydrogens (tertiary/aromatic N) is 4. The summed E-state index contributed by atoms with van der Waals surface area (Å²) in [7, 11) is -5.33. The van der Waals surface area contributed by atoms with E-state index in [0.29, 0.717) is 21.3 Å². The van der Waals surface area contributed by atoms with E-state index in [1.165, 1.54) is 4.68 Å². The van der Waals surface area contributed by atoms with E-state index in [0.717, 1.165) is 23.8 Å². The van der Waals surface area contributed by atoms with Crippen LogP contribution in [0.5, 0.6) is 0 Å². The van der Waals surface area contributed by atoms with Crippen molar-refractivity contribution in [2.75, 3.05) is 18.4 Å². The summed E-state index contributed by atoms with van der Waals surface area (Å²) in [6.07, 6.45) is 6.63. The van der Waals surface area contributed by atoms with Crippen LogP contribution in [0.1, 0.15) is 18.9 Å². The molecule has 3 aromatic rings. The maximum absolute atomic E-state index is 12.7. The van der Waals surface area contributed by atoms with Gasteiger partial charge in [-0.05, 0) is 30.5 Å². The van der Waals surface area contributed by atoms with Gasteiger partial charge in [0.1, 0.15) is 11.5 Å². The maximum Gasteiger partial charge on any atom is 0.511 e. The summed E-state index contributed by atoms with van der Waals surface area (Å²) < 4.78 is 62.8. The number of nitrogens with one attached hydrogen (secondary N) is 2. The molecule has 0 unspecified atom stereocenters. The molecule has 0 aromatic carbocycles. The van der Waals surface area contributed by atoms with Gasteiger partial charge in [0, 0.05) is 42.4 Å². The molecule has 0 bridgehead atoms. The Hall–Kier alpha value is -2.93. The van der Waals surface area contributed by atoms with E-state index in [2.05, 4.69) is 20.4 Å². The lowest BCUT2D eigenvalue weighted by Crippen LogP contribution is -2.54. The number of hydrogen-bond acceptors (Lipinski definition) is 5. The molecule has 9 nitrogen and oxygen atoms in total. The minimum absolute atomic E-state index is 0.0156. The highest BCUT2D eigenvalue weighted by Crippen LogP contribution is 2.36. The molecule has 1 aliphatic carbocycles. The predicted molar refractivity (Wildman–Crippen MR) is 104 cm³/mol. The van der Waals surface area contributed by atoms with Crippen LogP contribution in [0.25, 0.3) is 22.2 Å². The molecule has 1 saturated heterocycles. The number of sulfonamides is 1. The zero-order valence-electron chi connectivity index (χ0n) is 15.9. The average Bonchev–Trinajstić information content (AvgIpc) is 3.21. The first kappa shape index (κ1) is 20.0. The summed E-state index contributed by atoms with van der Waals surface area (Å²) in [5, 5.41) is 7.81. The highest BCUT2D eigenvalue weighted by Gasteiger charge is 2.53. The summed E-state index contributed by atoms with van der Waals surface area (Å²) in [6, 6.07) is 3.05. The third-order valence-corrected chi connectivity index (χ3v) is 7.04. The monoisotopic (exact) mass is 454 g/mol. The van der Waals surface area contributed by atoms with Gasteiger partial charge >= 0.3 is 15.5 Å². The van der Waals surface area contributed by atoms with Crippen molar-refractivity contribution < 1.29 is 26.4 Å². The van der Waals surface area contributed by atoms with Gasteiger partial charge in [0.15, 0.2) is 0 Å². The van der Waals surface area contributed by atoms with Crippen LogP contribution in [0.4, 0.5) is 19.0 Å². The third-order valence-electron chi connectivity index (χ3n) is 5.48. The van der Waals surface area contributed by atoms with E-state index in [1.807, 2.05) is 6.07 Å². The van der Waals surface area contributed by atoms with Gasteiger partial charge in [-0.15, -0.1) is 0 Å². The largest absolute Gasteiger partial charge is 0.511 e. The number of amides is 1. The first-order chi connectivity index (χ1) is 14.6. The minimum Gasteiger partial charge on any atom is -0.346 e. The molecule has 5 rings (SSSR count). The number of fused-ring (bicyclic) bond motifs is 1. The molecule has 0 atom stereocenters. The van der Waals surface area contributed by atoms with Crippen LogP contribution in [0, 0.1) is 5.92 Å². The Kier molecular flexibility index (Phi) is 4.38. The van der Waals surface area contributed by atoms with Crippen molar-refractivity contribution in [3.63, 3.8) is 0 Å². The van der Waals surface area contributed by atoms with E-state index >= 15 is 0 Å². The van der Waals surface area contributed by atoms with E-state index < -0.39 is 21.6 Å². The maximum atomic E-state index is 12.7. The third kappa shape index (κ3) is 3.47. The lowest BCUT2D eigenvalue weighted by molar-refractivity contribution is -0.117. The van der Waals surface area contributed by atoms with Gasteiger partial charge in [0.05, 0.1) is 12.2 Å². The molecule has 0 radical (unpaired) electrons. The smallest absolute Gasteiger partial charge is 0.346 e. The van der Waals surface area contributed by atoms with Gasteiger partial charge in [-0.3, -0.25) is 9.48 Å². The number of aromatic nitrogens is 4. The molecule has 1 aliphatic heterocycles. The zero-order valence-corrected chi connectivity index (χ0v) is 16.7. The fourth-order valence-corrected chi connectivity index (χ4v) is 4.55. The van der Waals surface area contributed by atoms with Crippen LogP contribution >= 0.6 is 0 Å². The van der Waals surface area contributed by atoms with E-state index in [1.54, 1.807) is 24.7 Å². The van der Waals surface area contributed by atoms with Crippen LogP contribution in [0.2, 0.25) is 0 Å². The van der Waals surface area contributed by atoms with Crippen LogP contribution in [-0.4, -0.2) is 57.0 Å². The molecule has 1 saturated carbocycles. The van der Waals surface area contributed by atoms with E-state index in [4.69, 9.17) is 0 Å². The molecule has 164 valence electrons. The molecule has 2 fully saturated rings. The van der Waals surface area contributed by atoms with Crippen molar-refractivity contribution in [3.8, 4) is 11.1 Å². The Morgan fingerprint density at radius 1 is 1.26 bits per heavy atom. The molecular formula is C18H17F3N6O3S. The summed E-state index contributed by atoms with van der Waals surface area (Å²) in [5.41, 5.74) is -3.33. The quantitative estimate of drug-likeness (QED) is 0.615. The van der Waals surface area contributed by atoms with Crippen molar-refractivity contribution in [2.45, 2.75) is 24.4 Å². The SMILES string of the molecule is O=C(Nc1cc(-c2cnn(C3CN(S(=O)(=O)C(F)(F)F)C3)c2)c2cc[nH]c2n1)C1CC1. The Morgan fingerprint density at radius 2 is 2.00 bits per heavy atom. The second-order valence-electron chi connectivity index (χ2n) is 7.69. The Balaban J connectivity index is 1.39. The van der Waals surface area contributed by atoms with Gasteiger partial charge in [-0.25, -0.2) is 13.4 Å². The van der Waals surface area contributed by atoms with Crippen LogP contribution < -0.4 is 5.32 Å². The van der Waals surface area contributed by atoms with Gasteiger partial charge < -0.3 is 10.3 Å². The van der Waals surface area contributed by atoms with E-state index in [-0.39, 0.29) is 24.9 Å². The van der Waals surface area contributed by atoms with Crippen LogP contribution in [0.3, 0.4) is 0 Å². The number of rotatable bonds is 5. The number of alkyl halides is 3.